The van der Waals surface area contributed by atoms with E-state index in [1.165, 1.54) is 11.3 Å². The van der Waals surface area contributed by atoms with Crippen LogP contribution in [0.25, 0.3) is 0 Å². The van der Waals surface area contributed by atoms with Gasteiger partial charge in [0.15, 0.2) is 15.0 Å². The summed E-state index contributed by atoms with van der Waals surface area (Å²) >= 11 is 1.43. The number of hydrogen-bond acceptors (Lipinski definition) is 6. The van der Waals surface area contributed by atoms with E-state index in [2.05, 4.69) is 15.6 Å². The van der Waals surface area contributed by atoms with Gasteiger partial charge in [-0.15, -0.1) is 11.3 Å². The number of rotatable bonds is 7. The second-order valence-electron chi connectivity index (χ2n) is 6.92. The molecule has 1 aromatic heterocycles. The van der Waals surface area contributed by atoms with Crippen LogP contribution in [0.2, 0.25) is 0 Å². The van der Waals surface area contributed by atoms with Gasteiger partial charge in [-0.05, 0) is 44.2 Å². The number of amides is 2. The summed E-state index contributed by atoms with van der Waals surface area (Å²) < 4.78 is 30.5. The molecule has 152 valence electrons. The van der Waals surface area contributed by atoms with Gasteiger partial charge in [0.05, 0.1) is 10.1 Å². The summed E-state index contributed by atoms with van der Waals surface area (Å²) in [5, 5.41) is 5.06. The number of carbonyl (C=O) groups is 1. The van der Waals surface area contributed by atoms with E-state index in [1.54, 1.807) is 43.5 Å². The predicted octanol–water partition coefficient (Wildman–Crippen LogP) is 3.10. The van der Waals surface area contributed by atoms with Crippen LogP contribution in [0.4, 0.5) is 9.93 Å². The number of anilines is 1. The van der Waals surface area contributed by atoms with Gasteiger partial charge in [-0.1, -0.05) is 18.2 Å². The number of aromatic nitrogens is 1. The second-order valence-corrected chi connectivity index (χ2v) is 10.4. The maximum Gasteiger partial charge on any atom is 0.321 e. The number of thiazole rings is 1. The molecular weight excluding hydrogens is 398 g/mol. The molecule has 0 aliphatic carbocycles. The molecule has 3 rings (SSSR count). The number of benzene rings is 1. The molecule has 0 spiro atoms. The van der Waals surface area contributed by atoms with E-state index in [4.69, 9.17) is 4.74 Å². The topological polar surface area (TPSA) is 97.4 Å². The summed E-state index contributed by atoms with van der Waals surface area (Å²) in [4.78, 5) is 17.7. The minimum atomic E-state index is -3.49. The van der Waals surface area contributed by atoms with Crippen molar-refractivity contribution in [1.82, 2.24) is 10.3 Å². The highest BCUT2D eigenvalue weighted by molar-refractivity contribution is 7.92. The zero-order chi connectivity index (χ0) is 20.0. The zero-order valence-corrected chi connectivity index (χ0v) is 17.4. The van der Waals surface area contributed by atoms with Gasteiger partial charge >= 0.3 is 6.03 Å². The molecule has 28 heavy (non-hydrogen) atoms. The lowest BCUT2D eigenvalue weighted by Crippen LogP contribution is -2.37. The predicted molar refractivity (Wildman–Crippen MR) is 109 cm³/mol. The van der Waals surface area contributed by atoms with E-state index in [0.717, 1.165) is 37.4 Å². The van der Waals surface area contributed by atoms with Gasteiger partial charge in [-0.25, -0.2) is 18.2 Å². The number of urea groups is 1. The van der Waals surface area contributed by atoms with Gasteiger partial charge in [-0.2, -0.15) is 0 Å². The van der Waals surface area contributed by atoms with E-state index in [-0.39, 0.29) is 11.4 Å². The quantitative estimate of drug-likeness (QED) is 0.713. The molecule has 0 saturated carbocycles. The highest BCUT2D eigenvalue weighted by atomic mass is 32.2. The molecule has 1 fully saturated rings. The van der Waals surface area contributed by atoms with Crippen LogP contribution in [0.15, 0.2) is 41.4 Å². The lowest BCUT2D eigenvalue weighted by atomic mass is 9.98. The fraction of sp³-hybridized carbons (Fsp3) is 0.474. The zero-order valence-electron chi connectivity index (χ0n) is 15.8. The third kappa shape index (κ3) is 5.52. The van der Waals surface area contributed by atoms with Crippen molar-refractivity contribution in [2.24, 2.45) is 5.92 Å². The Balaban J connectivity index is 1.48. The van der Waals surface area contributed by atoms with E-state index in [0.29, 0.717) is 11.0 Å². The normalized spacial score (nSPS) is 18.4. The number of sulfone groups is 1. The third-order valence-corrected chi connectivity index (χ3v) is 7.76. The van der Waals surface area contributed by atoms with Crippen LogP contribution >= 0.6 is 11.3 Å². The van der Waals surface area contributed by atoms with Crippen LogP contribution in [0.3, 0.4) is 0 Å². The van der Waals surface area contributed by atoms with Crippen molar-refractivity contribution >= 4 is 32.3 Å². The monoisotopic (exact) mass is 423 g/mol. The lowest BCUT2D eigenvalue weighted by molar-refractivity contribution is 0.0553. The minimum absolute atomic E-state index is 0.0146. The number of nitrogens with one attached hydrogen (secondary N) is 2. The van der Waals surface area contributed by atoms with Crippen LogP contribution in [0.5, 0.6) is 0 Å². The molecule has 2 atom stereocenters. The summed E-state index contributed by atoms with van der Waals surface area (Å²) in [6.45, 7) is 3.20. The lowest BCUT2D eigenvalue weighted by Gasteiger charge is -2.20. The average Bonchev–Trinajstić information content (AvgIpc) is 3.14. The van der Waals surface area contributed by atoms with Crippen molar-refractivity contribution in [3.05, 3.63) is 41.4 Å². The fourth-order valence-corrected chi connectivity index (χ4v) is 5.27. The molecule has 0 radical (unpaired) electrons. The Labute approximate surface area is 169 Å². The van der Waals surface area contributed by atoms with Gasteiger partial charge in [0.2, 0.25) is 0 Å². The Kier molecular flexibility index (Phi) is 7.03. The summed E-state index contributed by atoms with van der Waals surface area (Å²) in [7, 11) is -3.49. The van der Waals surface area contributed by atoms with Gasteiger partial charge < -0.3 is 10.1 Å². The van der Waals surface area contributed by atoms with Gasteiger partial charge in [-0.3, -0.25) is 5.32 Å². The third-order valence-electron chi connectivity index (χ3n) is 4.67. The standard InChI is InChI=1S/C19H25N3O4S2/c1-14(28(24,25)17-7-3-2-4-8-17)11-20-18(23)22-19-21-12-16(27-19)10-15-6-5-9-26-13-15/h2-4,7-8,12,14-15H,5-6,9-11,13H2,1H3,(H2,20,21,22,23). The molecule has 1 saturated heterocycles. The molecule has 0 bridgehead atoms. The van der Waals surface area contributed by atoms with Crippen molar-refractivity contribution in [3.8, 4) is 0 Å². The summed E-state index contributed by atoms with van der Waals surface area (Å²) in [5.41, 5.74) is 0. The van der Waals surface area contributed by atoms with Crippen LogP contribution < -0.4 is 10.6 Å². The maximum atomic E-state index is 12.5. The van der Waals surface area contributed by atoms with Crippen molar-refractivity contribution in [1.29, 1.82) is 0 Å². The molecule has 1 aliphatic heterocycles. The Morgan fingerprint density at radius 1 is 1.36 bits per heavy atom. The van der Waals surface area contributed by atoms with Gasteiger partial charge in [0.1, 0.15) is 0 Å². The number of nitrogens with zero attached hydrogens (tertiary/aromatic N) is 1. The van der Waals surface area contributed by atoms with Crippen LogP contribution in [0.1, 0.15) is 24.6 Å². The molecule has 1 aliphatic rings. The van der Waals surface area contributed by atoms with E-state index >= 15 is 0 Å². The smallest absolute Gasteiger partial charge is 0.321 e. The van der Waals surface area contributed by atoms with Crippen molar-refractivity contribution in [2.45, 2.75) is 36.3 Å². The molecular formula is C19H25N3O4S2. The number of hydrogen-bond donors (Lipinski definition) is 2. The van der Waals surface area contributed by atoms with E-state index in [1.807, 2.05) is 0 Å². The van der Waals surface area contributed by atoms with Crippen molar-refractivity contribution < 1.29 is 17.9 Å². The molecule has 2 aromatic rings. The first kappa shape index (κ1) is 20.8. The molecule has 2 heterocycles. The highest BCUT2D eigenvalue weighted by Gasteiger charge is 2.23. The molecule has 1 aromatic carbocycles. The molecule has 2 N–H and O–H groups in total. The Hall–Kier alpha value is -1.97. The Morgan fingerprint density at radius 2 is 2.14 bits per heavy atom. The first-order valence-electron chi connectivity index (χ1n) is 9.31. The number of carbonyl (C=O) groups excluding carboxylic acids is 1. The van der Waals surface area contributed by atoms with Crippen LogP contribution in [-0.2, 0) is 21.0 Å². The van der Waals surface area contributed by atoms with Crippen LogP contribution in [0, 0.1) is 5.92 Å². The van der Waals surface area contributed by atoms with Crippen LogP contribution in [-0.4, -0.2) is 44.4 Å². The van der Waals surface area contributed by atoms with Gasteiger partial charge in [0.25, 0.3) is 0 Å². The molecule has 7 nitrogen and oxygen atoms in total. The fourth-order valence-electron chi connectivity index (χ4n) is 3.04. The first-order chi connectivity index (χ1) is 13.4. The second kappa shape index (κ2) is 9.49. The van der Waals surface area contributed by atoms with Crippen molar-refractivity contribution in [2.75, 3.05) is 25.1 Å². The Bertz CT molecular complexity index is 878. The van der Waals surface area contributed by atoms with Gasteiger partial charge in [0, 0.05) is 30.8 Å². The molecule has 9 heteroatoms. The number of ether oxygens (including phenoxy) is 1. The van der Waals surface area contributed by atoms with E-state index < -0.39 is 21.1 Å². The van der Waals surface area contributed by atoms with E-state index in [9.17, 15) is 13.2 Å². The largest absolute Gasteiger partial charge is 0.381 e. The summed E-state index contributed by atoms with van der Waals surface area (Å²) in [6.07, 6.45) is 4.90. The minimum Gasteiger partial charge on any atom is -0.381 e. The molecule has 2 amide bonds. The molecule has 2 unspecified atom stereocenters. The Morgan fingerprint density at radius 3 is 2.86 bits per heavy atom. The first-order valence-corrected chi connectivity index (χ1v) is 11.7. The summed E-state index contributed by atoms with van der Waals surface area (Å²) in [5.74, 6) is 0.500. The summed E-state index contributed by atoms with van der Waals surface area (Å²) in [6, 6.07) is 7.77. The maximum absolute atomic E-state index is 12.5. The SMILES string of the molecule is CC(CNC(=O)Nc1ncc(CC2CCCOC2)s1)S(=O)(=O)c1ccccc1. The highest BCUT2D eigenvalue weighted by Crippen LogP contribution is 2.25. The van der Waals surface area contributed by atoms with Crippen molar-refractivity contribution in [3.63, 3.8) is 0 Å². The average molecular weight is 424 g/mol.